The van der Waals surface area contributed by atoms with Gasteiger partial charge in [0.2, 0.25) is 0 Å². The van der Waals surface area contributed by atoms with E-state index < -0.39 is 0 Å². The van der Waals surface area contributed by atoms with E-state index in [-0.39, 0.29) is 0 Å². The lowest BCUT2D eigenvalue weighted by molar-refractivity contribution is 0.891. The zero-order valence-corrected chi connectivity index (χ0v) is 7.26. The fourth-order valence-corrected chi connectivity index (χ4v) is 0.907. The van der Waals surface area contributed by atoms with E-state index in [2.05, 4.69) is 20.8 Å². The van der Waals surface area contributed by atoms with Crippen molar-refractivity contribution >= 4 is 11.6 Å². The Morgan fingerprint density at radius 2 is 1.89 bits per heavy atom. The Kier molecular flexibility index (Phi) is 4.88. The number of allylic oxidation sites excluding steroid dienone is 2. The van der Waals surface area contributed by atoms with Crippen molar-refractivity contribution in [3.63, 3.8) is 0 Å². The average Bonchev–Trinajstić information content (AvgIpc) is 1.87. The maximum absolute atomic E-state index is 5.87. The molecular formula is C8H15Cl. The SMILES string of the molecule is CCCC(C)=C(Cl)CC. The molecule has 0 nitrogen and oxygen atoms in total. The van der Waals surface area contributed by atoms with Gasteiger partial charge in [0.1, 0.15) is 0 Å². The van der Waals surface area contributed by atoms with Crippen molar-refractivity contribution in [2.24, 2.45) is 0 Å². The van der Waals surface area contributed by atoms with Crippen molar-refractivity contribution in [2.75, 3.05) is 0 Å². The molecule has 0 amide bonds. The Morgan fingerprint density at radius 1 is 1.33 bits per heavy atom. The molecule has 0 radical (unpaired) electrons. The van der Waals surface area contributed by atoms with Crippen LogP contribution in [0.15, 0.2) is 10.6 Å². The van der Waals surface area contributed by atoms with Gasteiger partial charge in [-0.25, -0.2) is 0 Å². The maximum atomic E-state index is 5.87. The number of hydrogen-bond donors (Lipinski definition) is 0. The van der Waals surface area contributed by atoms with Crippen molar-refractivity contribution in [1.29, 1.82) is 0 Å². The van der Waals surface area contributed by atoms with Crippen molar-refractivity contribution in [3.05, 3.63) is 10.6 Å². The first-order valence-electron chi connectivity index (χ1n) is 3.56. The van der Waals surface area contributed by atoms with Gasteiger partial charge in [-0.3, -0.25) is 0 Å². The zero-order valence-electron chi connectivity index (χ0n) is 6.50. The molecule has 54 valence electrons. The summed E-state index contributed by atoms with van der Waals surface area (Å²) in [4.78, 5) is 0. The summed E-state index contributed by atoms with van der Waals surface area (Å²) in [6.45, 7) is 6.36. The van der Waals surface area contributed by atoms with Crippen LogP contribution in [0.1, 0.15) is 40.0 Å². The predicted octanol–water partition coefficient (Wildman–Crippen LogP) is 3.71. The van der Waals surface area contributed by atoms with E-state index in [1.807, 2.05) is 0 Å². The largest absolute Gasteiger partial charge is 0.0892 e. The molecule has 0 aromatic rings. The number of hydrogen-bond acceptors (Lipinski definition) is 0. The second kappa shape index (κ2) is 4.87. The Morgan fingerprint density at radius 3 is 2.22 bits per heavy atom. The monoisotopic (exact) mass is 146 g/mol. The molecule has 0 spiro atoms. The van der Waals surface area contributed by atoms with Crippen LogP contribution in [0.4, 0.5) is 0 Å². The van der Waals surface area contributed by atoms with Crippen LogP contribution in [0.3, 0.4) is 0 Å². The van der Waals surface area contributed by atoms with Gasteiger partial charge in [-0.1, -0.05) is 37.4 Å². The van der Waals surface area contributed by atoms with E-state index in [9.17, 15) is 0 Å². The molecule has 0 aromatic heterocycles. The zero-order chi connectivity index (χ0) is 7.28. The van der Waals surface area contributed by atoms with Gasteiger partial charge in [-0.2, -0.15) is 0 Å². The Labute approximate surface area is 62.9 Å². The summed E-state index contributed by atoms with van der Waals surface area (Å²) in [5.41, 5.74) is 1.35. The number of halogens is 1. The van der Waals surface area contributed by atoms with Crippen molar-refractivity contribution in [2.45, 2.75) is 40.0 Å². The van der Waals surface area contributed by atoms with Crippen LogP contribution in [0, 0.1) is 0 Å². The molecule has 0 saturated carbocycles. The highest BCUT2D eigenvalue weighted by atomic mass is 35.5. The third-order valence-corrected chi connectivity index (χ3v) is 1.99. The minimum absolute atomic E-state index is 0.980. The second-order valence-corrected chi connectivity index (χ2v) is 2.75. The van der Waals surface area contributed by atoms with Crippen molar-refractivity contribution in [1.82, 2.24) is 0 Å². The third-order valence-electron chi connectivity index (χ3n) is 1.40. The molecule has 0 bridgehead atoms. The van der Waals surface area contributed by atoms with Gasteiger partial charge in [0.25, 0.3) is 0 Å². The van der Waals surface area contributed by atoms with Gasteiger partial charge >= 0.3 is 0 Å². The normalized spacial score (nSPS) is 13.3. The molecule has 0 aromatic carbocycles. The molecular weight excluding hydrogens is 132 g/mol. The van der Waals surface area contributed by atoms with Crippen molar-refractivity contribution in [3.8, 4) is 0 Å². The summed E-state index contributed by atoms with van der Waals surface area (Å²) in [5, 5.41) is 1.04. The third kappa shape index (κ3) is 3.58. The van der Waals surface area contributed by atoms with Crippen LogP contribution in [0.5, 0.6) is 0 Å². The van der Waals surface area contributed by atoms with Gasteiger partial charge in [-0.15, -0.1) is 0 Å². The lowest BCUT2D eigenvalue weighted by Crippen LogP contribution is -1.78. The minimum Gasteiger partial charge on any atom is -0.0892 e. The van der Waals surface area contributed by atoms with Crippen LogP contribution in [-0.2, 0) is 0 Å². The molecule has 0 aliphatic carbocycles. The molecule has 0 unspecified atom stereocenters. The molecule has 9 heavy (non-hydrogen) atoms. The predicted molar refractivity (Wildman–Crippen MR) is 43.8 cm³/mol. The fraction of sp³-hybridized carbons (Fsp3) is 0.750. The summed E-state index contributed by atoms with van der Waals surface area (Å²) in [7, 11) is 0. The Balaban J connectivity index is 3.78. The van der Waals surface area contributed by atoms with Gasteiger partial charge in [0.15, 0.2) is 0 Å². The summed E-state index contributed by atoms with van der Waals surface area (Å²) < 4.78 is 0. The van der Waals surface area contributed by atoms with E-state index >= 15 is 0 Å². The lowest BCUT2D eigenvalue weighted by Gasteiger charge is -1.99. The smallest absolute Gasteiger partial charge is 0.0167 e. The highest BCUT2D eigenvalue weighted by molar-refractivity contribution is 6.29. The molecule has 0 aliphatic rings. The Bertz CT molecular complexity index is 103. The summed E-state index contributed by atoms with van der Waals surface area (Å²) in [6.07, 6.45) is 3.32. The van der Waals surface area contributed by atoms with Crippen LogP contribution >= 0.6 is 11.6 Å². The topological polar surface area (TPSA) is 0 Å². The van der Waals surface area contributed by atoms with E-state index in [1.54, 1.807) is 0 Å². The maximum Gasteiger partial charge on any atom is 0.0167 e. The summed E-state index contributed by atoms with van der Waals surface area (Å²) >= 11 is 5.87. The van der Waals surface area contributed by atoms with Gasteiger partial charge in [0, 0.05) is 5.03 Å². The molecule has 0 saturated heterocycles. The van der Waals surface area contributed by atoms with E-state index in [0.29, 0.717) is 0 Å². The van der Waals surface area contributed by atoms with E-state index in [4.69, 9.17) is 11.6 Å². The van der Waals surface area contributed by atoms with Crippen LogP contribution in [0.2, 0.25) is 0 Å². The molecule has 0 rings (SSSR count). The van der Waals surface area contributed by atoms with Crippen LogP contribution < -0.4 is 0 Å². The first-order chi connectivity index (χ1) is 4.22. The fourth-order valence-electron chi connectivity index (χ4n) is 0.812. The minimum atomic E-state index is 0.980. The highest BCUT2D eigenvalue weighted by Crippen LogP contribution is 2.16. The quantitative estimate of drug-likeness (QED) is 0.570. The van der Waals surface area contributed by atoms with Crippen molar-refractivity contribution < 1.29 is 0 Å². The first-order valence-corrected chi connectivity index (χ1v) is 3.94. The van der Waals surface area contributed by atoms with Gasteiger partial charge < -0.3 is 0 Å². The number of rotatable bonds is 3. The average molecular weight is 147 g/mol. The molecule has 1 heteroatoms. The molecule has 0 aliphatic heterocycles. The Hall–Kier alpha value is 0.0300. The molecule has 0 N–H and O–H groups in total. The second-order valence-electron chi connectivity index (χ2n) is 2.29. The molecule has 0 heterocycles. The highest BCUT2D eigenvalue weighted by Gasteiger charge is 1.93. The molecule has 0 atom stereocenters. The van der Waals surface area contributed by atoms with Crippen LogP contribution in [0.25, 0.3) is 0 Å². The standard InChI is InChI=1S/C8H15Cl/c1-4-6-7(3)8(9)5-2/h4-6H2,1-3H3. The van der Waals surface area contributed by atoms with E-state index in [0.717, 1.165) is 17.9 Å². The lowest BCUT2D eigenvalue weighted by atomic mass is 10.1. The van der Waals surface area contributed by atoms with Crippen LogP contribution in [-0.4, -0.2) is 0 Å². The van der Waals surface area contributed by atoms with Gasteiger partial charge in [-0.05, 0) is 19.8 Å². The summed E-state index contributed by atoms with van der Waals surface area (Å²) in [6, 6.07) is 0. The van der Waals surface area contributed by atoms with E-state index in [1.165, 1.54) is 12.0 Å². The van der Waals surface area contributed by atoms with Gasteiger partial charge in [0.05, 0.1) is 0 Å². The molecule has 0 fully saturated rings. The first kappa shape index (κ1) is 9.03. The summed E-state index contributed by atoms with van der Waals surface area (Å²) in [5.74, 6) is 0.